The number of benzene rings is 1. The van der Waals surface area contributed by atoms with Gasteiger partial charge < -0.3 is 9.05 Å². The lowest BCUT2D eigenvalue weighted by molar-refractivity contribution is 0.229. The highest BCUT2D eigenvalue weighted by molar-refractivity contribution is 7.87. The summed E-state index contributed by atoms with van der Waals surface area (Å²) in [6.45, 7) is 3.02. The number of nitrogens with zero attached hydrogens (tertiary/aromatic N) is 1. The van der Waals surface area contributed by atoms with Gasteiger partial charge in [-0.2, -0.15) is 12.4 Å². The molecule has 0 atom stereocenters. The summed E-state index contributed by atoms with van der Waals surface area (Å²) in [5.41, 5.74) is -1.48. The van der Waals surface area contributed by atoms with E-state index in [-0.39, 0.29) is 28.1 Å². The van der Waals surface area contributed by atoms with E-state index in [2.05, 4.69) is 0 Å². The average Bonchev–Trinajstić information content (AvgIpc) is 2.45. The molecule has 0 spiro atoms. The molecule has 0 radical (unpaired) electrons. The summed E-state index contributed by atoms with van der Waals surface area (Å²) in [4.78, 5) is 12.6. The summed E-state index contributed by atoms with van der Waals surface area (Å²) >= 11 is 0. The Balaban J connectivity index is 2.97. The van der Waals surface area contributed by atoms with E-state index < -0.39 is 34.5 Å². The van der Waals surface area contributed by atoms with Gasteiger partial charge in [0.25, 0.3) is 5.56 Å². The normalized spacial score (nSPS) is 12.7. The zero-order chi connectivity index (χ0) is 18.1. The van der Waals surface area contributed by atoms with Crippen molar-refractivity contribution in [1.82, 2.24) is 3.97 Å². The van der Waals surface area contributed by atoms with Crippen LogP contribution in [0.5, 0.6) is 0 Å². The molecule has 0 amide bonds. The summed E-state index contributed by atoms with van der Waals surface area (Å²) in [6.07, 6.45) is 0. The molecule has 0 fully saturated rings. The van der Waals surface area contributed by atoms with Gasteiger partial charge in [-0.25, -0.2) is 9.53 Å². The van der Waals surface area contributed by atoms with Gasteiger partial charge in [-0.1, -0.05) is 0 Å². The Hall–Kier alpha value is -1.58. The highest BCUT2D eigenvalue weighted by Crippen LogP contribution is 2.46. The Bertz CT molecular complexity index is 978. The summed E-state index contributed by atoms with van der Waals surface area (Å²) in [6, 6.07) is 4.30. The average molecular weight is 378 g/mol. The van der Waals surface area contributed by atoms with E-state index >= 15 is 0 Å². The zero-order valence-electron chi connectivity index (χ0n) is 12.9. The van der Waals surface area contributed by atoms with E-state index in [1.54, 1.807) is 13.8 Å². The Morgan fingerprint density at radius 3 is 2.29 bits per heavy atom. The van der Waals surface area contributed by atoms with Crippen molar-refractivity contribution in [1.29, 1.82) is 0 Å². The number of fused-ring (bicyclic) bond motifs is 1. The fourth-order valence-electron chi connectivity index (χ4n) is 2.20. The minimum atomic E-state index is -4.58. The van der Waals surface area contributed by atoms with Crippen molar-refractivity contribution >= 4 is 34.0 Å². The Kier molecular flexibility index (Phi) is 5.26. The molecule has 24 heavy (non-hydrogen) atoms. The second-order valence-electron chi connectivity index (χ2n) is 4.68. The van der Waals surface area contributed by atoms with Gasteiger partial charge in [0.15, 0.2) is 0 Å². The van der Waals surface area contributed by atoms with Gasteiger partial charge in [0, 0.05) is 5.39 Å². The highest BCUT2D eigenvalue weighted by atomic mass is 32.2. The lowest BCUT2D eigenvalue weighted by Crippen LogP contribution is -2.41. The molecule has 11 heteroatoms. The first-order valence-electron chi connectivity index (χ1n) is 6.92. The number of halogens is 1. The predicted molar refractivity (Wildman–Crippen MR) is 87.2 cm³/mol. The molecule has 0 aliphatic rings. The third-order valence-corrected chi connectivity index (χ3v) is 6.03. The summed E-state index contributed by atoms with van der Waals surface area (Å²) in [7, 11) is -8.65. The van der Waals surface area contributed by atoms with Crippen molar-refractivity contribution in [2.75, 3.05) is 13.2 Å². The molecule has 132 valence electrons. The standard InChI is InChI=1S/C13H16FN2O6PS/c1-3-21-23(18,22-4-2)12-7-9-5-6-10(14)8-11(9)16(13(12)17)24(15,19)20/h5-8H,3-4H2,1-2H3,(H2,15,19,20). The van der Waals surface area contributed by atoms with Crippen molar-refractivity contribution in [3.63, 3.8) is 0 Å². The van der Waals surface area contributed by atoms with Gasteiger partial charge in [-0.15, -0.1) is 0 Å². The van der Waals surface area contributed by atoms with Crippen molar-refractivity contribution in [2.45, 2.75) is 13.8 Å². The predicted octanol–water partition coefficient (Wildman–Crippen LogP) is 1.08. The number of nitrogens with two attached hydrogens (primary N) is 1. The molecule has 2 N–H and O–H groups in total. The van der Waals surface area contributed by atoms with E-state index in [1.807, 2.05) is 0 Å². The molecule has 0 aliphatic heterocycles. The minimum absolute atomic E-state index is 0.0342. The van der Waals surface area contributed by atoms with Gasteiger partial charge in [0.1, 0.15) is 11.1 Å². The smallest absolute Gasteiger partial charge is 0.305 e. The number of rotatable bonds is 6. The molecule has 1 aromatic carbocycles. The van der Waals surface area contributed by atoms with Gasteiger partial charge in [-0.05, 0) is 38.1 Å². The fraction of sp³-hybridized carbons (Fsp3) is 0.308. The topological polar surface area (TPSA) is 118 Å². The molecule has 2 rings (SSSR count). The fourth-order valence-corrected chi connectivity index (χ4v) is 4.70. The van der Waals surface area contributed by atoms with Gasteiger partial charge in [0.05, 0.1) is 18.7 Å². The number of pyridine rings is 1. The number of aromatic nitrogens is 1. The molecule has 2 aromatic rings. The van der Waals surface area contributed by atoms with E-state index in [1.165, 1.54) is 6.07 Å². The molecular weight excluding hydrogens is 362 g/mol. The van der Waals surface area contributed by atoms with Crippen LogP contribution >= 0.6 is 7.60 Å². The Morgan fingerprint density at radius 2 is 1.79 bits per heavy atom. The molecule has 0 unspecified atom stereocenters. The molecule has 0 bridgehead atoms. The largest absolute Gasteiger partial charge is 0.366 e. The van der Waals surface area contributed by atoms with Crippen molar-refractivity contribution in [3.05, 3.63) is 40.4 Å². The van der Waals surface area contributed by atoms with Crippen molar-refractivity contribution in [2.24, 2.45) is 5.14 Å². The van der Waals surface area contributed by atoms with Crippen LogP contribution in [0, 0.1) is 5.82 Å². The van der Waals surface area contributed by atoms with E-state index in [4.69, 9.17) is 14.2 Å². The van der Waals surface area contributed by atoms with E-state index in [9.17, 15) is 22.2 Å². The quantitative estimate of drug-likeness (QED) is 0.752. The van der Waals surface area contributed by atoms with Crippen LogP contribution < -0.4 is 16.0 Å². The van der Waals surface area contributed by atoms with Crippen LogP contribution in [0.2, 0.25) is 0 Å². The van der Waals surface area contributed by atoms with Crippen LogP contribution in [0.3, 0.4) is 0 Å². The second kappa shape index (κ2) is 6.73. The zero-order valence-corrected chi connectivity index (χ0v) is 14.6. The van der Waals surface area contributed by atoms with Crippen molar-refractivity contribution < 1.29 is 26.4 Å². The maximum atomic E-state index is 13.5. The molecule has 0 saturated heterocycles. The second-order valence-corrected chi connectivity index (χ2v) is 8.07. The maximum Gasteiger partial charge on any atom is 0.366 e. The van der Waals surface area contributed by atoms with Crippen LogP contribution in [0.15, 0.2) is 29.1 Å². The summed E-state index contributed by atoms with van der Waals surface area (Å²) in [5, 5.41) is 4.73. The first-order chi connectivity index (χ1) is 11.1. The summed E-state index contributed by atoms with van der Waals surface area (Å²) < 4.78 is 60.3. The third kappa shape index (κ3) is 3.42. The van der Waals surface area contributed by atoms with Gasteiger partial charge in [0.2, 0.25) is 0 Å². The lowest BCUT2D eigenvalue weighted by atomic mass is 10.2. The first-order valence-corrected chi connectivity index (χ1v) is 9.97. The molecular formula is C13H16FN2O6PS. The van der Waals surface area contributed by atoms with Crippen LogP contribution in [-0.4, -0.2) is 25.6 Å². The molecule has 8 nitrogen and oxygen atoms in total. The van der Waals surface area contributed by atoms with Crippen molar-refractivity contribution in [3.8, 4) is 0 Å². The van der Waals surface area contributed by atoms with Crippen LogP contribution in [0.1, 0.15) is 13.8 Å². The third-order valence-electron chi connectivity index (χ3n) is 3.05. The maximum absolute atomic E-state index is 13.5. The first kappa shape index (κ1) is 18.8. The SMILES string of the molecule is CCOP(=O)(OCC)c1cc2ccc(F)cc2n(S(N)(=O)=O)c1=O. The monoisotopic (exact) mass is 378 g/mol. The Labute approximate surface area is 137 Å². The number of hydrogen-bond donors (Lipinski definition) is 1. The lowest BCUT2D eigenvalue weighted by Gasteiger charge is -2.18. The summed E-state index contributed by atoms with van der Waals surface area (Å²) in [5.74, 6) is -0.759. The molecule has 0 aliphatic carbocycles. The molecule has 0 saturated carbocycles. The van der Waals surface area contributed by atoms with Crippen LogP contribution in [0.25, 0.3) is 10.9 Å². The number of hydrogen-bond acceptors (Lipinski definition) is 6. The van der Waals surface area contributed by atoms with Crippen LogP contribution in [0.4, 0.5) is 4.39 Å². The highest BCUT2D eigenvalue weighted by Gasteiger charge is 2.33. The van der Waals surface area contributed by atoms with Gasteiger partial charge >= 0.3 is 17.8 Å². The minimum Gasteiger partial charge on any atom is -0.305 e. The van der Waals surface area contributed by atoms with Crippen LogP contribution in [-0.2, 0) is 23.8 Å². The molecule has 1 aromatic heterocycles. The van der Waals surface area contributed by atoms with E-state index in [0.717, 1.165) is 18.2 Å². The van der Waals surface area contributed by atoms with E-state index in [0.29, 0.717) is 0 Å². The molecule has 1 heterocycles. The Morgan fingerprint density at radius 1 is 1.21 bits per heavy atom. The van der Waals surface area contributed by atoms with Gasteiger partial charge in [-0.3, -0.25) is 9.36 Å².